The van der Waals surface area contributed by atoms with E-state index >= 15 is 0 Å². The number of aromatic amines is 1. The maximum Gasteiger partial charge on any atom is 0.433 e. The van der Waals surface area contributed by atoms with Crippen LogP contribution in [0.5, 0.6) is 0 Å². The van der Waals surface area contributed by atoms with Gasteiger partial charge in [-0.2, -0.15) is 13.2 Å². The molecular weight excluding hydrogens is 383 g/mol. The molecule has 1 N–H and O–H groups in total. The number of nitrogens with zero attached hydrogens (tertiary/aromatic N) is 4. The number of aromatic nitrogens is 5. The Morgan fingerprint density at radius 2 is 1.85 bits per heavy atom. The molecule has 11 heteroatoms. The van der Waals surface area contributed by atoms with E-state index in [0.717, 1.165) is 18.5 Å². The van der Waals surface area contributed by atoms with Gasteiger partial charge in [0.1, 0.15) is 11.5 Å². The summed E-state index contributed by atoms with van der Waals surface area (Å²) in [5, 5.41) is 0. The summed E-state index contributed by atoms with van der Waals surface area (Å²) in [6.45, 7) is 0. The van der Waals surface area contributed by atoms with Crippen LogP contribution in [0.3, 0.4) is 0 Å². The van der Waals surface area contributed by atoms with Crippen LogP contribution in [0.25, 0.3) is 33.5 Å². The highest BCUT2D eigenvalue weighted by Gasteiger charge is 2.33. The quantitative estimate of drug-likeness (QED) is 0.563. The Balaban J connectivity index is 2.03. The maximum absolute atomic E-state index is 12.9. The lowest BCUT2D eigenvalue weighted by Gasteiger charge is -2.08. The second-order valence-electron chi connectivity index (χ2n) is 6.09. The van der Waals surface area contributed by atoms with Gasteiger partial charge in [-0.15, -0.1) is 0 Å². The van der Waals surface area contributed by atoms with Crippen LogP contribution < -0.4 is 0 Å². The first-order chi connectivity index (χ1) is 12.6. The first kappa shape index (κ1) is 17.5. The lowest BCUT2D eigenvalue weighted by atomic mass is 10.2. The van der Waals surface area contributed by atoms with Crippen LogP contribution in [-0.2, 0) is 23.1 Å². The Morgan fingerprint density at radius 1 is 1.11 bits per heavy atom. The van der Waals surface area contributed by atoms with Crippen LogP contribution >= 0.6 is 0 Å². The van der Waals surface area contributed by atoms with Crippen LogP contribution in [-0.4, -0.2) is 39.2 Å². The Hall–Kier alpha value is -2.95. The second kappa shape index (κ2) is 5.52. The summed E-state index contributed by atoms with van der Waals surface area (Å²) in [6, 6.07) is 3.82. The second-order valence-corrected chi connectivity index (χ2v) is 8.07. The average Bonchev–Trinajstić information content (AvgIpc) is 3.15. The largest absolute Gasteiger partial charge is 0.433 e. The Kier molecular flexibility index (Phi) is 3.57. The monoisotopic (exact) mass is 395 g/mol. The van der Waals surface area contributed by atoms with E-state index in [4.69, 9.17) is 0 Å². The van der Waals surface area contributed by atoms with Crippen molar-refractivity contribution in [1.29, 1.82) is 0 Å². The minimum atomic E-state index is -4.60. The van der Waals surface area contributed by atoms with E-state index < -0.39 is 21.7 Å². The number of halogens is 3. The van der Waals surface area contributed by atoms with Gasteiger partial charge in [-0.05, 0) is 18.2 Å². The van der Waals surface area contributed by atoms with Crippen molar-refractivity contribution in [1.82, 2.24) is 24.5 Å². The minimum Gasteiger partial charge on any atom is -0.345 e. The molecule has 27 heavy (non-hydrogen) atoms. The molecule has 4 aromatic rings. The minimum absolute atomic E-state index is 0.00154. The number of nitrogens with one attached hydrogen (secondary N) is 1. The van der Waals surface area contributed by atoms with Crippen molar-refractivity contribution in [2.24, 2.45) is 7.05 Å². The Bertz CT molecular complexity index is 1310. The number of alkyl halides is 3. The molecule has 0 aliphatic rings. The molecule has 0 aliphatic carbocycles. The molecule has 0 saturated carbocycles. The van der Waals surface area contributed by atoms with Crippen molar-refractivity contribution in [2.75, 3.05) is 6.26 Å². The predicted octanol–water partition coefficient (Wildman–Crippen LogP) is 2.93. The fraction of sp³-hybridized carbons (Fsp3) is 0.188. The normalized spacial score (nSPS) is 12.9. The zero-order valence-electron chi connectivity index (χ0n) is 14.0. The third kappa shape index (κ3) is 2.83. The molecule has 140 valence electrons. The summed E-state index contributed by atoms with van der Waals surface area (Å²) in [5.41, 5.74) is 0.642. The number of imidazole rings is 2. The molecule has 0 unspecified atom stereocenters. The highest BCUT2D eigenvalue weighted by atomic mass is 32.2. The van der Waals surface area contributed by atoms with Gasteiger partial charge in [0, 0.05) is 18.9 Å². The number of fused-ring (bicyclic) bond motifs is 2. The Morgan fingerprint density at radius 3 is 2.52 bits per heavy atom. The molecule has 0 aliphatic heterocycles. The zero-order chi connectivity index (χ0) is 19.6. The third-order valence-electron chi connectivity index (χ3n) is 4.22. The molecule has 3 heterocycles. The number of benzene rings is 1. The van der Waals surface area contributed by atoms with Crippen molar-refractivity contribution in [3.8, 4) is 11.4 Å². The maximum atomic E-state index is 12.9. The summed E-state index contributed by atoms with van der Waals surface area (Å²) in [6.07, 6.45) is -1.05. The molecule has 4 rings (SSSR count). The molecule has 0 spiro atoms. The van der Waals surface area contributed by atoms with Gasteiger partial charge >= 0.3 is 6.18 Å². The van der Waals surface area contributed by atoms with E-state index in [1.165, 1.54) is 17.0 Å². The number of hydrogen-bond acceptors (Lipinski definition) is 5. The first-order valence-corrected chi connectivity index (χ1v) is 9.52. The molecular formula is C16H12F3N5O2S. The molecule has 0 fully saturated rings. The molecule has 0 bridgehead atoms. The third-order valence-corrected chi connectivity index (χ3v) is 5.36. The lowest BCUT2D eigenvalue weighted by Crippen LogP contribution is -2.07. The summed E-state index contributed by atoms with van der Waals surface area (Å²) >= 11 is 0. The molecule has 0 saturated heterocycles. The van der Waals surface area contributed by atoms with E-state index in [0.29, 0.717) is 16.6 Å². The van der Waals surface area contributed by atoms with Crippen LogP contribution in [0.2, 0.25) is 0 Å². The predicted molar refractivity (Wildman–Crippen MR) is 91.7 cm³/mol. The van der Waals surface area contributed by atoms with E-state index in [1.54, 1.807) is 13.1 Å². The van der Waals surface area contributed by atoms with Gasteiger partial charge in [0.05, 0.1) is 39.5 Å². The van der Waals surface area contributed by atoms with Crippen LogP contribution in [0.4, 0.5) is 13.2 Å². The van der Waals surface area contributed by atoms with E-state index in [9.17, 15) is 21.6 Å². The molecule has 0 amide bonds. The highest BCUT2D eigenvalue weighted by molar-refractivity contribution is 7.90. The topological polar surface area (TPSA) is 93.5 Å². The molecule has 3 aromatic heterocycles. The molecule has 7 nitrogen and oxygen atoms in total. The number of sulfone groups is 1. The number of rotatable bonds is 2. The number of pyridine rings is 1. The van der Waals surface area contributed by atoms with E-state index in [2.05, 4.69) is 19.9 Å². The first-order valence-electron chi connectivity index (χ1n) is 7.63. The van der Waals surface area contributed by atoms with Gasteiger partial charge in [-0.1, -0.05) is 0 Å². The van der Waals surface area contributed by atoms with Crippen molar-refractivity contribution in [3.05, 3.63) is 36.4 Å². The molecule has 1 aromatic carbocycles. The van der Waals surface area contributed by atoms with Crippen molar-refractivity contribution in [2.45, 2.75) is 11.1 Å². The molecule has 0 radical (unpaired) electrons. The zero-order valence-corrected chi connectivity index (χ0v) is 14.9. The number of aryl methyl sites for hydroxylation is 1. The summed E-state index contributed by atoms with van der Waals surface area (Å²) < 4.78 is 64.8. The van der Waals surface area contributed by atoms with Crippen molar-refractivity contribution in [3.63, 3.8) is 0 Å². The summed E-state index contributed by atoms with van der Waals surface area (Å²) in [4.78, 5) is 14.6. The number of hydrogen-bond donors (Lipinski definition) is 1. The van der Waals surface area contributed by atoms with Crippen molar-refractivity contribution < 1.29 is 21.6 Å². The van der Waals surface area contributed by atoms with E-state index in [1.807, 2.05) is 0 Å². The standard InChI is InChI=1S/C16H12F3N5O2S/c1-24-12-6-20-14(16(17,18)19)5-11(12)23-15(24)8-3-9-10(22-7-21-9)4-13(8)27(2,25)26/h3-7H,1-2H3,(H,21,22). The fourth-order valence-electron chi connectivity index (χ4n) is 2.93. The Labute approximate surface area is 150 Å². The highest BCUT2D eigenvalue weighted by Crippen LogP contribution is 2.34. The van der Waals surface area contributed by atoms with Crippen LogP contribution in [0, 0.1) is 0 Å². The SMILES string of the molecule is Cn1c(-c2cc3nc[nH]c3cc2S(C)(=O)=O)nc2cc(C(F)(F)F)ncc21. The summed E-state index contributed by atoms with van der Waals surface area (Å²) in [7, 11) is -2.05. The van der Waals surface area contributed by atoms with Crippen LogP contribution in [0.15, 0.2) is 35.6 Å². The van der Waals surface area contributed by atoms with Gasteiger partial charge in [-0.25, -0.2) is 23.4 Å². The summed E-state index contributed by atoms with van der Waals surface area (Å²) in [5.74, 6) is 0.205. The average molecular weight is 395 g/mol. The van der Waals surface area contributed by atoms with Crippen LogP contribution in [0.1, 0.15) is 5.69 Å². The lowest BCUT2D eigenvalue weighted by molar-refractivity contribution is -0.141. The van der Waals surface area contributed by atoms with Gasteiger partial charge < -0.3 is 9.55 Å². The molecule has 0 atom stereocenters. The van der Waals surface area contributed by atoms with Gasteiger partial charge in [0.15, 0.2) is 9.84 Å². The van der Waals surface area contributed by atoms with Gasteiger partial charge in [-0.3, -0.25) is 0 Å². The van der Waals surface area contributed by atoms with E-state index in [-0.39, 0.29) is 21.8 Å². The van der Waals surface area contributed by atoms with Crippen molar-refractivity contribution >= 4 is 31.9 Å². The van der Waals surface area contributed by atoms with Gasteiger partial charge in [0.25, 0.3) is 0 Å². The van der Waals surface area contributed by atoms with Gasteiger partial charge in [0.2, 0.25) is 0 Å². The number of H-pyrrole nitrogens is 1. The smallest absolute Gasteiger partial charge is 0.345 e. The fourth-order valence-corrected chi connectivity index (χ4v) is 3.81.